The number of ether oxygens (including phenoxy) is 1. The van der Waals surface area contributed by atoms with Crippen LogP contribution in [0, 0.1) is 11.3 Å². The van der Waals surface area contributed by atoms with Crippen LogP contribution in [0.15, 0.2) is 16.8 Å². The van der Waals surface area contributed by atoms with E-state index in [-0.39, 0.29) is 0 Å². The lowest BCUT2D eigenvalue weighted by atomic mass is 9.84. The topological polar surface area (TPSA) is 87.7 Å². The van der Waals surface area contributed by atoms with E-state index in [1.165, 1.54) is 6.42 Å². The van der Waals surface area contributed by atoms with Crippen LogP contribution in [0.4, 0.5) is 0 Å². The summed E-state index contributed by atoms with van der Waals surface area (Å²) in [6.45, 7) is 2.62. The Balaban J connectivity index is 1.90. The lowest BCUT2D eigenvalue weighted by Gasteiger charge is -2.33. The van der Waals surface area contributed by atoms with Gasteiger partial charge in [-0.15, -0.1) is 0 Å². The van der Waals surface area contributed by atoms with Crippen molar-refractivity contribution in [1.29, 1.82) is 5.26 Å². The molecule has 0 bridgehead atoms. The van der Waals surface area contributed by atoms with E-state index in [9.17, 15) is 0 Å². The van der Waals surface area contributed by atoms with Gasteiger partial charge < -0.3 is 14.2 Å². The quantitative estimate of drug-likeness (QED) is 0.932. The second-order valence-electron chi connectivity index (χ2n) is 5.32. The molecule has 0 saturated heterocycles. The smallest absolute Gasteiger partial charge is 0.274 e. The zero-order chi connectivity index (χ0) is 14.7. The summed E-state index contributed by atoms with van der Waals surface area (Å²) in [4.78, 5) is 7.47. The van der Waals surface area contributed by atoms with Crippen molar-refractivity contribution in [3.8, 4) is 17.7 Å². The number of rotatable bonds is 4. The third-order valence-corrected chi connectivity index (χ3v) is 3.96. The van der Waals surface area contributed by atoms with Crippen LogP contribution in [0.1, 0.15) is 50.4 Å². The number of hydrogen-bond acceptors (Lipinski definition) is 5. The fourth-order valence-electron chi connectivity index (χ4n) is 2.93. The van der Waals surface area contributed by atoms with Gasteiger partial charge in [-0.1, -0.05) is 24.4 Å². The molecule has 2 aromatic heterocycles. The van der Waals surface area contributed by atoms with Crippen LogP contribution in [0.3, 0.4) is 0 Å². The van der Waals surface area contributed by atoms with Gasteiger partial charge in [-0.3, -0.25) is 0 Å². The number of hydrogen-bond donors (Lipinski definition) is 1. The fourth-order valence-corrected chi connectivity index (χ4v) is 2.93. The Morgan fingerprint density at radius 3 is 2.90 bits per heavy atom. The summed E-state index contributed by atoms with van der Waals surface area (Å²) in [5.74, 6) is 1.02. The van der Waals surface area contributed by atoms with E-state index in [1.54, 1.807) is 12.3 Å². The maximum atomic E-state index is 8.86. The minimum Gasteiger partial charge on any atom is -0.367 e. The molecule has 1 aliphatic rings. The summed E-state index contributed by atoms with van der Waals surface area (Å²) in [6, 6.07) is 3.77. The molecule has 6 heteroatoms. The lowest BCUT2D eigenvalue weighted by molar-refractivity contribution is -0.0777. The third-order valence-electron chi connectivity index (χ3n) is 3.96. The van der Waals surface area contributed by atoms with Crippen molar-refractivity contribution < 1.29 is 9.26 Å². The van der Waals surface area contributed by atoms with Gasteiger partial charge >= 0.3 is 0 Å². The number of H-pyrrole nitrogens is 1. The van der Waals surface area contributed by atoms with Crippen LogP contribution in [0.5, 0.6) is 0 Å². The first-order valence-electron chi connectivity index (χ1n) is 7.34. The first-order chi connectivity index (χ1) is 10.3. The highest BCUT2D eigenvalue weighted by Crippen LogP contribution is 2.39. The molecule has 2 aromatic rings. The van der Waals surface area contributed by atoms with E-state index in [2.05, 4.69) is 21.2 Å². The Morgan fingerprint density at radius 2 is 2.24 bits per heavy atom. The molecule has 110 valence electrons. The maximum absolute atomic E-state index is 8.86. The van der Waals surface area contributed by atoms with E-state index in [4.69, 9.17) is 14.5 Å². The molecule has 1 fully saturated rings. The van der Waals surface area contributed by atoms with Crippen LogP contribution in [-0.2, 0) is 10.3 Å². The molecule has 6 nitrogen and oxygen atoms in total. The zero-order valence-corrected chi connectivity index (χ0v) is 12.1. The van der Waals surface area contributed by atoms with E-state index in [1.807, 2.05) is 6.92 Å². The summed E-state index contributed by atoms with van der Waals surface area (Å²) in [6.07, 6.45) is 6.93. The largest absolute Gasteiger partial charge is 0.367 e. The molecule has 21 heavy (non-hydrogen) atoms. The third kappa shape index (κ3) is 2.57. The van der Waals surface area contributed by atoms with E-state index in [0.717, 1.165) is 25.7 Å². The predicted molar refractivity (Wildman–Crippen MR) is 75.2 cm³/mol. The molecule has 0 spiro atoms. The summed E-state index contributed by atoms with van der Waals surface area (Å²) in [5, 5.41) is 13.0. The molecule has 1 aliphatic carbocycles. The second kappa shape index (κ2) is 5.70. The minimum absolute atomic E-state index is 0.399. The average Bonchev–Trinajstić information content (AvgIpc) is 3.17. The molecule has 2 heterocycles. The number of aromatic nitrogens is 3. The van der Waals surface area contributed by atoms with Gasteiger partial charge in [-0.25, -0.2) is 0 Å². The molecule has 0 atom stereocenters. The van der Waals surface area contributed by atoms with Crippen LogP contribution in [-0.4, -0.2) is 21.7 Å². The van der Waals surface area contributed by atoms with Crippen molar-refractivity contribution in [3.05, 3.63) is 23.7 Å². The lowest BCUT2D eigenvalue weighted by Crippen LogP contribution is -2.33. The Hall–Kier alpha value is -2.13. The normalized spacial score (nSPS) is 17.5. The van der Waals surface area contributed by atoms with Crippen molar-refractivity contribution in [2.75, 3.05) is 6.61 Å². The second-order valence-corrected chi connectivity index (χ2v) is 5.32. The Bertz CT molecular complexity index is 641. The van der Waals surface area contributed by atoms with E-state index < -0.39 is 5.60 Å². The summed E-state index contributed by atoms with van der Waals surface area (Å²) in [5.41, 5.74) is 0.786. The van der Waals surface area contributed by atoms with Gasteiger partial charge in [0.1, 0.15) is 17.4 Å². The highest BCUT2D eigenvalue weighted by molar-refractivity contribution is 5.51. The van der Waals surface area contributed by atoms with Crippen molar-refractivity contribution in [2.45, 2.75) is 44.6 Å². The van der Waals surface area contributed by atoms with Gasteiger partial charge in [0.05, 0.1) is 5.56 Å². The van der Waals surface area contributed by atoms with Gasteiger partial charge in [0, 0.05) is 12.8 Å². The standard InChI is InChI=1S/C15H18N4O2/c1-2-20-15(6-4-3-5-7-15)14-18-13(21-19-14)12-8-11(9-16)10-17-12/h8,10,17H,2-7H2,1H3. The Labute approximate surface area is 123 Å². The van der Waals surface area contributed by atoms with Crippen molar-refractivity contribution >= 4 is 0 Å². The molecule has 1 saturated carbocycles. The van der Waals surface area contributed by atoms with E-state index >= 15 is 0 Å². The molecule has 0 aromatic carbocycles. The van der Waals surface area contributed by atoms with Crippen LogP contribution < -0.4 is 0 Å². The van der Waals surface area contributed by atoms with Crippen LogP contribution in [0.25, 0.3) is 11.6 Å². The molecule has 0 unspecified atom stereocenters. The highest BCUT2D eigenvalue weighted by atomic mass is 16.5. The summed E-state index contributed by atoms with van der Waals surface area (Å²) < 4.78 is 11.3. The Kier molecular flexibility index (Phi) is 3.76. The minimum atomic E-state index is -0.417. The van der Waals surface area contributed by atoms with Crippen molar-refractivity contribution in [2.24, 2.45) is 0 Å². The number of nitriles is 1. The van der Waals surface area contributed by atoms with Gasteiger partial charge in [0.15, 0.2) is 0 Å². The van der Waals surface area contributed by atoms with Gasteiger partial charge in [0.25, 0.3) is 5.89 Å². The zero-order valence-electron chi connectivity index (χ0n) is 12.1. The first-order valence-corrected chi connectivity index (χ1v) is 7.34. The van der Waals surface area contributed by atoms with Gasteiger partial charge in [-0.2, -0.15) is 10.2 Å². The summed E-state index contributed by atoms with van der Waals surface area (Å²) in [7, 11) is 0. The Morgan fingerprint density at radius 1 is 1.43 bits per heavy atom. The molecular weight excluding hydrogens is 268 g/mol. The summed E-state index contributed by atoms with van der Waals surface area (Å²) >= 11 is 0. The fraction of sp³-hybridized carbons (Fsp3) is 0.533. The predicted octanol–water partition coefficient (Wildman–Crippen LogP) is 3.13. The van der Waals surface area contributed by atoms with Crippen LogP contribution in [0.2, 0.25) is 0 Å². The SMILES string of the molecule is CCOC1(c2noc(-c3cc(C#N)c[nH]3)n2)CCCCC1. The molecule has 1 N–H and O–H groups in total. The highest BCUT2D eigenvalue weighted by Gasteiger charge is 2.39. The molecule has 0 amide bonds. The number of aromatic amines is 1. The number of nitrogens with zero attached hydrogens (tertiary/aromatic N) is 3. The first kappa shape index (κ1) is 13.8. The monoisotopic (exact) mass is 286 g/mol. The molecule has 0 aliphatic heterocycles. The van der Waals surface area contributed by atoms with Crippen LogP contribution >= 0.6 is 0 Å². The number of nitrogens with one attached hydrogen (secondary N) is 1. The average molecular weight is 286 g/mol. The van der Waals surface area contributed by atoms with E-state index in [0.29, 0.717) is 29.6 Å². The van der Waals surface area contributed by atoms with Crippen molar-refractivity contribution in [3.63, 3.8) is 0 Å². The molecule has 3 rings (SSSR count). The van der Waals surface area contributed by atoms with Gasteiger partial charge in [-0.05, 0) is 25.8 Å². The molecular formula is C15H18N4O2. The maximum Gasteiger partial charge on any atom is 0.274 e. The van der Waals surface area contributed by atoms with Gasteiger partial charge in [0.2, 0.25) is 5.82 Å². The molecule has 0 radical (unpaired) electrons. The van der Waals surface area contributed by atoms with Crippen molar-refractivity contribution in [1.82, 2.24) is 15.1 Å².